The first-order valence-electron chi connectivity index (χ1n) is 24.4. The zero-order valence-electron chi connectivity index (χ0n) is 39.0. The molecular weight excluding hydrogens is 908 g/mol. The van der Waals surface area contributed by atoms with E-state index in [1.165, 1.54) is 12.1 Å². The lowest BCUT2D eigenvalue weighted by molar-refractivity contribution is -0.456. The van der Waals surface area contributed by atoms with E-state index >= 15 is 14.4 Å². The molecule has 2 aromatic rings. The molecule has 4 spiro atoms. The Morgan fingerprint density at radius 1 is 0.696 bits per heavy atom. The fourth-order valence-electron chi connectivity index (χ4n) is 17.5. The van der Waals surface area contributed by atoms with Gasteiger partial charge in [-0.3, -0.25) is 19.2 Å². The molecule has 0 amide bonds. The molecule has 2 aromatic carbocycles. The van der Waals surface area contributed by atoms with Crippen LogP contribution >= 0.6 is 11.6 Å². The van der Waals surface area contributed by atoms with Crippen molar-refractivity contribution in [2.75, 3.05) is 13.2 Å². The molecule has 8 saturated carbocycles. The second kappa shape index (κ2) is 14.2. The lowest BCUT2D eigenvalue weighted by Gasteiger charge is -2.74. The Kier molecular flexibility index (Phi) is 9.39. The number of ether oxygens (including phenoxy) is 5. The van der Waals surface area contributed by atoms with Gasteiger partial charge in [0.05, 0.1) is 52.2 Å². The predicted molar refractivity (Wildman–Crippen MR) is 242 cm³/mol. The molecule has 69 heavy (non-hydrogen) atoms. The third kappa shape index (κ3) is 5.00. The van der Waals surface area contributed by atoms with Crippen LogP contribution in [0.3, 0.4) is 0 Å². The summed E-state index contributed by atoms with van der Waals surface area (Å²) in [4.78, 5) is 89.9. The van der Waals surface area contributed by atoms with E-state index in [4.69, 9.17) is 35.3 Å². The summed E-state index contributed by atoms with van der Waals surface area (Å²) in [6, 6.07) is 14.4. The number of carbonyl (C=O) groups is 6. The van der Waals surface area contributed by atoms with Crippen LogP contribution in [-0.2, 0) is 42.9 Å². The van der Waals surface area contributed by atoms with Crippen LogP contribution in [0.2, 0.25) is 5.02 Å². The highest BCUT2D eigenvalue weighted by atomic mass is 35.5. The number of esters is 2. The van der Waals surface area contributed by atoms with Gasteiger partial charge in [-0.1, -0.05) is 82.8 Å². The number of ketones is 4. The normalized spacial score (nSPS) is 47.0. The van der Waals surface area contributed by atoms with Gasteiger partial charge in [0.15, 0.2) is 11.6 Å². The van der Waals surface area contributed by atoms with Gasteiger partial charge in [-0.15, -0.1) is 0 Å². The number of hydrogen-bond acceptors (Lipinski definition) is 14. The van der Waals surface area contributed by atoms with Crippen molar-refractivity contribution in [3.63, 3.8) is 0 Å². The standard InChI is InChI=1S/C54H57ClO14/c1-25-28-16-17-32-49-23-66-54(64,51(32,39(25)58)42(28)68-45(61)27-12-8-7-9-13-27)44(38(49)48(5,6)21-19-34(49)56)67-31-22-33-50-24-65-53(63,41(60)37(50)47(3,4)20-18-35(50)57)52(33)40(59)26(2)36(31)43(52)69-46(62)29-14-10-11-15-30(29)55/h7-15,28,31-33,36-38,41-44,60,63-64H,1-2,16-24H2,3-6H3/t28-,31?,32-,33-,36+,37+,38+,41-,42+,43+,44-,49+,50+,51-,52-,53+,54+/m0/s1. The molecule has 4 aliphatic heterocycles. The average molecular weight is 965 g/mol. The van der Waals surface area contributed by atoms with Crippen LogP contribution in [0.1, 0.15) is 93.4 Å². The summed E-state index contributed by atoms with van der Waals surface area (Å²) in [5.74, 6) is -14.7. The second-order valence-corrected chi connectivity index (χ2v) is 23.8. The second-order valence-electron chi connectivity index (χ2n) is 23.4. The number of halogens is 1. The molecule has 4 heterocycles. The molecule has 8 bridgehead atoms. The molecule has 15 heteroatoms. The van der Waals surface area contributed by atoms with Gasteiger partial charge in [0.1, 0.15) is 46.8 Å². The summed E-state index contributed by atoms with van der Waals surface area (Å²) in [5.41, 5.74) is -8.80. The van der Waals surface area contributed by atoms with E-state index in [0.717, 1.165) is 0 Å². The van der Waals surface area contributed by atoms with Crippen LogP contribution in [0.5, 0.6) is 0 Å². The minimum Gasteiger partial charge on any atom is -0.457 e. The van der Waals surface area contributed by atoms with Crippen molar-refractivity contribution >= 4 is 46.7 Å². The summed E-state index contributed by atoms with van der Waals surface area (Å²) >= 11 is 6.57. The van der Waals surface area contributed by atoms with E-state index in [9.17, 15) is 29.7 Å². The number of benzene rings is 2. The Hall–Kier alpha value is -4.41. The van der Waals surface area contributed by atoms with E-state index in [1.54, 1.807) is 42.5 Å². The van der Waals surface area contributed by atoms with E-state index in [0.29, 0.717) is 25.7 Å². The van der Waals surface area contributed by atoms with E-state index in [1.807, 2.05) is 27.7 Å². The molecule has 14 rings (SSSR count). The van der Waals surface area contributed by atoms with Crippen molar-refractivity contribution in [2.24, 2.45) is 68.0 Å². The molecule has 0 aromatic heterocycles. The molecular formula is C54H57ClO14. The number of aliphatic hydroxyl groups is 3. The van der Waals surface area contributed by atoms with Gasteiger partial charge < -0.3 is 39.0 Å². The van der Waals surface area contributed by atoms with Crippen LogP contribution in [0.4, 0.5) is 0 Å². The lowest BCUT2D eigenvalue weighted by atomic mass is 9.35. The van der Waals surface area contributed by atoms with Crippen LogP contribution in [-0.4, -0.2) is 106 Å². The molecule has 364 valence electrons. The largest absolute Gasteiger partial charge is 0.457 e. The fourth-order valence-corrected chi connectivity index (χ4v) is 17.7. The van der Waals surface area contributed by atoms with Gasteiger partial charge >= 0.3 is 11.9 Å². The topological polar surface area (TPSA) is 209 Å². The lowest BCUT2D eigenvalue weighted by Crippen LogP contribution is -2.87. The van der Waals surface area contributed by atoms with Gasteiger partial charge in [-0.05, 0) is 90.2 Å². The minimum atomic E-state index is -2.69. The molecule has 1 unspecified atom stereocenters. The fraction of sp³-hybridized carbons (Fsp3) is 0.593. The first-order valence-corrected chi connectivity index (χ1v) is 24.7. The Labute approximate surface area is 404 Å². The van der Waals surface area contributed by atoms with Crippen molar-refractivity contribution in [3.8, 4) is 0 Å². The summed E-state index contributed by atoms with van der Waals surface area (Å²) in [7, 11) is 0. The maximum Gasteiger partial charge on any atom is 0.339 e. The SMILES string of the molecule is C=C1C(=O)[C@]23[C@H](OC(=O)c4ccccc4Cl)[C@H]1C(O[C@H]1[C@@H]4C(C)(C)CCC(=O)[C@]45CO[C@@]1(O)[C@]14C(=O)C(=C)[C@H](CC[C@@H]51)[C@H]4OC(=O)c1ccccc1)C[C@H]2[C@@]12CO[C@]3(O)[C@@H](O)[C@@H]1C(C)(C)CCC2=O. The zero-order chi connectivity index (χ0) is 49.0. The summed E-state index contributed by atoms with van der Waals surface area (Å²) in [5, 5.41) is 39.7. The smallest absolute Gasteiger partial charge is 0.339 e. The van der Waals surface area contributed by atoms with Gasteiger partial charge in [0.25, 0.3) is 0 Å². The highest BCUT2D eigenvalue weighted by Gasteiger charge is 2.91. The molecule has 12 fully saturated rings. The molecule has 17 atom stereocenters. The van der Waals surface area contributed by atoms with Crippen LogP contribution in [0, 0.1) is 68.0 Å². The first kappa shape index (κ1) is 45.7. The Morgan fingerprint density at radius 3 is 1.93 bits per heavy atom. The molecule has 3 N–H and O–H groups in total. The molecule has 14 nitrogen and oxygen atoms in total. The maximum absolute atomic E-state index is 15.6. The number of carbonyl (C=O) groups excluding carboxylic acids is 6. The Balaban J connectivity index is 1.06. The first-order chi connectivity index (χ1) is 32.5. The summed E-state index contributed by atoms with van der Waals surface area (Å²) in [6.07, 6.45) is -6.16. The number of rotatable bonds is 6. The third-order valence-electron chi connectivity index (χ3n) is 20.1. The van der Waals surface area contributed by atoms with Crippen molar-refractivity contribution in [1.82, 2.24) is 0 Å². The minimum absolute atomic E-state index is 0.0396. The summed E-state index contributed by atoms with van der Waals surface area (Å²) in [6.45, 7) is 15.7. The number of fused-ring (bicyclic) bond motifs is 4. The van der Waals surface area contributed by atoms with E-state index in [2.05, 4.69) is 13.2 Å². The van der Waals surface area contributed by atoms with Crippen molar-refractivity contribution in [1.29, 1.82) is 0 Å². The van der Waals surface area contributed by atoms with Gasteiger partial charge in [0, 0.05) is 30.6 Å². The van der Waals surface area contributed by atoms with Gasteiger partial charge in [0.2, 0.25) is 11.6 Å². The zero-order valence-corrected chi connectivity index (χ0v) is 39.8. The monoisotopic (exact) mass is 964 g/mol. The van der Waals surface area contributed by atoms with Crippen LogP contribution in [0.15, 0.2) is 78.9 Å². The van der Waals surface area contributed by atoms with Gasteiger partial charge in [-0.25, -0.2) is 9.59 Å². The van der Waals surface area contributed by atoms with Crippen molar-refractivity contribution in [2.45, 2.75) is 115 Å². The van der Waals surface area contributed by atoms with Gasteiger partial charge in [-0.2, -0.15) is 0 Å². The van der Waals surface area contributed by atoms with E-state index in [-0.39, 0.29) is 71.3 Å². The highest BCUT2D eigenvalue weighted by Crippen LogP contribution is 2.79. The van der Waals surface area contributed by atoms with Crippen LogP contribution < -0.4 is 0 Å². The molecule has 12 aliphatic rings. The van der Waals surface area contributed by atoms with Crippen molar-refractivity contribution < 1.29 is 67.8 Å². The number of hydrogen-bond donors (Lipinski definition) is 3. The maximum atomic E-state index is 15.6. The number of Topliss-reactive ketones (excluding diaryl/α,β-unsaturated/α-hetero) is 4. The highest BCUT2D eigenvalue weighted by molar-refractivity contribution is 6.33. The van der Waals surface area contributed by atoms with E-state index < -0.39 is 134 Å². The number of aliphatic hydroxyl groups excluding tert-OH is 1. The molecule has 4 saturated heterocycles. The third-order valence-corrected chi connectivity index (χ3v) is 20.5. The predicted octanol–water partition coefficient (Wildman–Crippen LogP) is 5.57. The quantitative estimate of drug-likeness (QED) is 0.239. The van der Waals surface area contributed by atoms with Crippen molar-refractivity contribution in [3.05, 3.63) is 95.1 Å². The molecule has 8 aliphatic carbocycles. The Bertz CT molecular complexity index is 2730. The molecule has 0 radical (unpaired) electrons. The summed E-state index contributed by atoms with van der Waals surface area (Å²) < 4.78 is 33.4. The average Bonchev–Trinajstić information content (AvgIpc) is 3.53. The Morgan fingerprint density at radius 2 is 1.26 bits per heavy atom. The van der Waals surface area contributed by atoms with Crippen LogP contribution in [0.25, 0.3) is 0 Å².